The van der Waals surface area contributed by atoms with Gasteiger partial charge in [0.1, 0.15) is 11.5 Å². The van der Waals surface area contributed by atoms with Crippen LogP contribution in [0, 0.1) is 11.7 Å². The van der Waals surface area contributed by atoms with Gasteiger partial charge in [-0.15, -0.1) is 11.3 Å². The number of rotatable bonds is 6. The van der Waals surface area contributed by atoms with Gasteiger partial charge in [-0.05, 0) is 49.8 Å². The lowest BCUT2D eigenvalue weighted by atomic mass is 9.85. The maximum atomic E-state index is 13.7. The molecule has 0 spiro atoms. The Kier molecular flexibility index (Phi) is 6.99. The molecule has 1 aliphatic carbocycles. The molecule has 1 unspecified atom stereocenters. The summed E-state index contributed by atoms with van der Waals surface area (Å²) in [5.41, 5.74) is -1.78. The molecule has 194 valence electrons. The molecule has 2 aromatic heterocycles. The number of fused-ring (bicyclic) bond motifs is 1. The van der Waals surface area contributed by atoms with Gasteiger partial charge in [0.05, 0.1) is 21.2 Å². The van der Waals surface area contributed by atoms with Crippen molar-refractivity contribution in [1.82, 2.24) is 10.3 Å². The van der Waals surface area contributed by atoms with Crippen LogP contribution in [0.1, 0.15) is 58.6 Å². The molecular weight excluding hydrogens is 527 g/mol. The van der Waals surface area contributed by atoms with Crippen molar-refractivity contribution in [3.05, 3.63) is 80.5 Å². The van der Waals surface area contributed by atoms with Crippen LogP contribution in [0.2, 0.25) is 5.02 Å². The third kappa shape index (κ3) is 4.73. The molecule has 2 aliphatic rings. The fraction of sp³-hybridized carbons (Fsp3) is 0.346. The average molecular weight is 550 g/mol. The number of pyridine rings is 1. The highest BCUT2D eigenvalue weighted by molar-refractivity contribution is 7.10. The number of thiophene rings is 1. The number of aliphatic hydroxyl groups is 1. The lowest BCUT2D eigenvalue weighted by molar-refractivity contribution is -0.132. The first kappa shape index (κ1) is 25.7. The third-order valence-corrected chi connectivity index (χ3v) is 8.24. The van der Waals surface area contributed by atoms with E-state index in [1.165, 1.54) is 17.5 Å². The lowest BCUT2D eigenvalue weighted by Crippen LogP contribution is -2.44. The lowest BCUT2D eigenvalue weighted by Gasteiger charge is -2.32. The topological polar surface area (TPSA) is 82.5 Å². The first-order valence-corrected chi connectivity index (χ1v) is 13.1. The zero-order valence-electron chi connectivity index (χ0n) is 19.5. The molecule has 11 heteroatoms. The van der Waals surface area contributed by atoms with Crippen molar-refractivity contribution in [2.45, 2.75) is 43.8 Å². The van der Waals surface area contributed by atoms with E-state index in [0.717, 1.165) is 17.5 Å². The van der Waals surface area contributed by atoms with E-state index in [0.29, 0.717) is 43.5 Å². The van der Waals surface area contributed by atoms with Crippen molar-refractivity contribution < 1.29 is 27.9 Å². The van der Waals surface area contributed by atoms with E-state index in [1.807, 2.05) is 0 Å². The fourth-order valence-corrected chi connectivity index (χ4v) is 6.19. The summed E-state index contributed by atoms with van der Waals surface area (Å²) < 4.78 is 40.3. The molecule has 0 bridgehead atoms. The standard InChI is InChI=1S/C26H23ClF3N3O3S/c27-15-9-18(22(23(29)30)31-11-15)24(34)32-17-7-5-14(6-8-17)12-33-20-4-2-1-3-19(20)26(36,25(33)35)21-10-16(28)13-37-21/h1-4,9-11,13-14,17,23,36H,5-8,12H2,(H,32,34)/t14-,17-,26?. The molecule has 2 amide bonds. The minimum atomic E-state index is -2.90. The minimum absolute atomic E-state index is 0.0945. The number of carbonyl (C=O) groups excluding carboxylic acids is 2. The molecule has 6 nitrogen and oxygen atoms in total. The molecule has 1 saturated carbocycles. The van der Waals surface area contributed by atoms with Gasteiger partial charge in [-0.25, -0.2) is 13.2 Å². The van der Waals surface area contributed by atoms with E-state index >= 15 is 0 Å². The second-order valence-corrected chi connectivity index (χ2v) is 10.7. The van der Waals surface area contributed by atoms with Gasteiger partial charge >= 0.3 is 0 Å². The zero-order chi connectivity index (χ0) is 26.3. The fourth-order valence-electron chi connectivity index (χ4n) is 5.17. The van der Waals surface area contributed by atoms with Crippen molar-refractivity contribution >= 4 is 40.4 Å². The van der Waals surface area contributed by atoms with Crippen LogP contribution >= 0.6 is 22.9 Å². The Bertz CT molecular complexity index is 1350. The Morgan fingerprint density at radius 3 is 2.65 bits per heavy atom. The van der Waals surface area contributed by atoms with Gasteiger partial charge < -0.3 is 15.3 Å². The number of carbonyl (C=O) groups is 2. The minimum Gasteiger partial charge on any atom is -0.371 e. The van der Waals surface area contributed by atoms with Crippen LogP contribution in [0.3, 0.4) is 0 Å². The Labute approximate surface area is 220 Å². The molecule has 1 atom stereocenters. The largest absolute Gasteiger partial charge is 0.371 e. The van der Waals surface area contributed by atoms with Crippen molar-refractivity contribution in [3.63, 3.8) is 0 Å². The summed E-state index contributed by atoms with van der Waals surface area (Å²) in [5.74, 6) is -1.58. The first-order valence-electron chi connectivity index (χ1n) is 11.8. The van der Waals surface area contributed by atoms with Crippen molar-refractivity contribution in [3.8, 4) is 0 Å². The number of hydrogen-bond acceptors (Lipinski definition) is 5. The first-order chi connectivity index (χ1) is 17.7. The number of hydrogen-bond donors (Lipinski definition) is 2. The molecular formula is C26H23ClF3N3O3S. The highest BCUT2D eigenvalue weighted by atomic mass is 35.5. The van der Waals surface area contributed by atoms with Crippen molar-refractivity contribution in [2.24, 2.45) is 5.92 Å². The number of benzene rings is 1. The molecule has 1 aliphatic heterocycles. The Hall–Kier alpha value is -2.95. The predicted molar refractivity (Wildman–Crippen MR) is 133 cm³/mol. The van der Waals surface area contributed by atoms with Crippen molar-refractivity contribution in [1.29, 1.82) is 0 Å². The second-order valence-electron chi connectivity index (χ2n) is 9.35. The van der Waals surface area contributed by atoms with Gasteiger partial charge in [-0.3, -0.25) is 14.6 Å². The third-order valence-electron chi connectivity index (χ3n) is 7.02. The number of para-hydroxylation sites is 1. The van der Waals surface area contributed by atoms with E-state index < -0.39 is 35.4 Å². The second kappa shape index (κ2) is 10.1. The molecule has 37 heavy (non-hydrogen) atoms. The number of anilines is 1. The quantitative estimate of drug-likeness (QED) is 0.429. The summed E-state index contributed by atoms with van der Waals surface area (Å²) >= 11 is 6.86. The average Bonchev–Trinajstić information content (AvgIpc) is 3.41. The Morgan fingerprint density at radius 1 is 1.24 bits per heavy atom. The smallest absolute Gasteiger partial charge is 0.281 e. The van der Waals surface area contributed by atoms with E-state index in [1.54, 1.807) is 29.2 Å². The van der Waals surface area contributed by atoms with Crippen LogP contribution in [-0.2, 0) is 10.4 Å². The number of nitrogens with zero attached hydrogens (tertiary/aromatic N) is 2. The number of halogens is 4. The summed E-state index contributed by atoms with van der Waals surface area (Å²) in [6.45, 7) is 0.362. The molecule has 1 aromatic carbocycles. The van der Waals surface area contributed by atoms with Gasteiger partial charge in [-0.2, -0.15) is 0 Å². The van der Waals surface area contributed by atoms with Crippen LogP contribution < -0.4 is 10.2 Å². The Balaban J connectivity index is 1.26. The van der Waals surface area contributed by atoms with Crippen LogP contribution in [0.15, 0.2) is 48.0 Å². The molecule has 3 aromatic rings. The number of alkyl halides is 2. The van der Waals surface area contributed by atoms with Gasteiger partial charge in [0, 0.05) is 29.7 Å². The molecule has 2 N–H and O–H groups in total. The number of nitrogens with one attached hydrogen (secondary N) is 1. The molecule has 5 rings (SSSR count). The van der Waals surface area contributed by atoms with E-state index in [9.17, 15) is 27.9 Å². The summed E-state index contributed by atoms with van der Waals surface area (Å²) in [6.07, 6.45) is 0.728. The number of aromatic nitrogens is 1. The van der Waals surface area contributed by atoms with Gasteiger partial charge in [-0.1, -0.05) is 29.8 Å². The van der Waals surface area contributed by atoms with Crippen LogP contribution in [0.5, 0.6) is 0 Å². The van der Waals surface area contributed by atoms with Gasteiger partial charge in [0.2, 0.25) is 5.60 Å². The number of amides is 2. The van der Waals surface area contributed by atoms with E-state index in [2.05, 4.69) is 10.3 Å². The van der Waals surface area contributed by atoms with Crippen LogP contribution in [0.4, 0.5) is 18.9 Å². The molecule has 0 radical (unpaired) electrons. The SMILES string of the molecule is O=C(N[C@H]1CC[C@H](CN2C(=O)C(O)(c3cc(F)cs3)c3ccccc32)CC1)c1cc(Cl)cnc1C(F)F. The molecule has 0 saturated heterocycles. The monoisotopic (exact) mass is 549 g/mol. The van der Waals surface area contributed by atoms with E-state index in [-0.39, 0.29) is 27.4 Å². The summed E-state index contributed by atoms with van der Waals surface area (Å²) in [7, 11) is 0. The highest BCUT2D eigenvalue weighted by Crippen LogP contribution is 2.46. The normalized spacial score (nSPS) is 23.4. The van der Waals surface area contributed by atoms with Crippen LogP contribution in [0.25, 0.3) is 0 Å². The van der Waals surface area contributed by atoms with Crippen molar-refractivity contribution in [2.75, 3.05) is 11.4 Å². The van der Waals surface area contributed by atoms with Gasteiger partial charge in [0.25, 0.3) is 18.2 Å². The van der Waals surface area contributed by atoms with E-state index in [4.69, 9.17) is 11.6 Å². The summed E-state index contributed by atoms with van der Waals surface area (Å²) in [4.78, 5) is 31.6. The van der Waals surface area contributed by atoms with Crippen LogP contribution in [-0.4, -0.2) is 34.5 Å². The Morgan fingerprint density at radius 2 is 1.97 bits per heavy atom. The summed E-state index contributed by atoms with van der Waals surface area (Å²) in [6, 6.07) is 9.11. The maximum absolute atomic E-state index is 13.7. The highest BCUT2D eigenvalue weighted by Gasteiger charge is 2.52. The summed E-state index contributed by atoms with van der Waals surface area (Å²) in [5, 5.41) is 15.6. The zero-order valence-corrected chi connectivity index (χ0v) is 21.0. The maximum Gasteiger partial charge on any atom is 0.281 e. The van der Waals surface area contributed by atoms with Gasteiger partial charge in [0.15, 0.2) is 0 Å². The predicted octanol–water partition coefficient (Wildman–Crippen LogP) is 5.44. The molecule has 1 fully saturated rings. The molecule has 3 heterocycles.